The number of nitrogens with two attached hydrogens (primary N) is 1. The minimum atomic E-state index is -0.276. The van der Waals surface area contributed by atoms with Gasteiger partial charge < -0.3 is 11.2 Å². The summed E-state index contributed by atoms with van der Waals surface area (Å²) in [5, 5.41) is 11.2. The quantitative estimate of drug-likeness (QED) is 0.647. The zero-order valence-electron chi connectivity index (χ0n) is 12.3. The van der Waals surface area contributed by atoms with E-state index in [4.69, 9.17) is 5.84 Å². The Kier molecular flexibility index (Phi) is 4.85. The molecule has 1 aromatic heterocycles. The van der Waals surface area contributed by atoms with Gasteiger partial charge >= 0.3 is 0 Å². The molecule has 1 heterocycles. The van der Waals surface area contributed by atoms with E-state index in [1.807, 2.05) is 45.0 Å². The van der Waals surface area contributed by atoms with Crippen molar-refractivity contribution in [2.75, 3.05) is 12.4 Å². The molecule has 0 radical (unpaired) electrons. The highest BCUT2D eigenvalue weighted by Crippen LogP contribution is 2.24. The Bertz CT molecular complexity index is 623. The van der Waals surface area contributed by atoms with Crippen molar-refractivity contribution in [2.45, 2.75) is 31.2 Å². The van der Waals surface area contributed by atoms with Crippen molar-refractivity contribution in [3.63, 3.8) is 0 Å². The number of hydrogen-bond acceptors (Lipinski definition) is 5. The van der Waals surface area contributed by atoms with E-state index < -0.39 is 0 Å². The standard InChI is InChI=1S/C14H19N5OS/c1-4-16-13(20)10(3)21-14-18-17-12(19(14)15)11-7-5-9(2)6-8-11/h5-8,10H,4,15H2,1-3H3,(H,16,20)/t10-/m0/s1. The van der Waals surface area contributed by atoms with Gasteiger partial charge in [-0.2, -0.15) is 0 Å². The third-order valence-corrected chi connectivity index (χ3v) is 4.03. The molecule has 112 valence electrons. The predicted molar refractivity (Wildman–Crippen MR) is 84.3 cm³/mol. The van der Waals surface area contributed by atoms with Crippen molar-refractivity contribution in [1.29, 1.82) is 0 Å². The molecule has 0 saturated heterocycles. The Morgan fingerprint density at radius 3 is 2.67 bits per heavy atom. The average Bonchev–Trinajstić information content (AvgIpc) is 2.81. The number of amides is 1. The molecule has 21 heavy (non-hydrogen) atoms. The van der Waals surface area contributed by atoms with Crippen molar-refractivity contribution < 1.29 is 4.79 Å². The Labute approximate surface area is 128 Å². The average molecular weight is 305 g/mol. The zero-order chi connectivity index (χ0) is 15.4. The van der Waals surface area contributed by atoms with Gasteiger partial charge in [0.25, 0.3) is 0 Å². The van der Waals surface area contributed by atoms with Gasteiger partial charge in [0.15, 0.2) is 5.82 Å². The Hall–Kier alpha value is -2.02. The van der Waals surface area contributed by atoms with Crippen molar-refractivity contribution in [3.05, 3.63) is 29.8 Å². The summed E-state index contributed by atoms with van der Waals surface area (Å²) in [5.41, 5.74) is 2.06. The third-order valence-electron chi connectivity index (χ3n) is 2.98. The highest BCUT2D eigenvalue weighted by atomic mass is 32.2. The Morgan fingerprint density at radius 2 is 2.05 bits per heavy atom. The van der Waals surface area contributed by atoms with Crippen LogP contribution in [0.1, 0.15) is 19.4 Å². The fourth-order valence-corrected chi connectivity index (χ4v) is 2.58. The normalized spacial score (nSPS) is 12.1. The summed E-state index contributed by atoms with van der Waals surface area (Å²) in [6.45, 7) is 6.33. The van der Waals surface area contributed by atoms with E-state index in [1.165, 1.54) is 22.0 Å². The molecule has 6 nitrogen and oxygen atoms in total. The number of hydrogen-bond donors (Lipinski definition) is 2. The van der Waals surface area contributed by atoms with E-state index in [-0.39, 0.29) is 11.2 Å². The van der Waals surface area contributed by atoms with Crippen LogP contribution < -0.4 is 11.2 Å². The summed E-state index contributed by atoms with van der Waals surface area (Å²) in [6, 6.07) is 7.89. The largest absolute Gasteiger partial charge is 0.355 e. The molecule has 0 unspecified atom stereocenters. The first-order valence-corrected chi connectivity index (χ1v) is 7.62. The molecule has 0 aliphatic carbocycles. The van der Waals surface area contributed by atoms with E-state index in [9.17, 15) is 4.79 Å². The molecular formula is C14H19N5OS. The van der Waals surface area contributed by atoms with Crippen LogP contribution in [-0.2, 0) is 4.79 Å². The smallest absolute Gasteiger partial charge is 0.233 e. The van der Waals surface area contributed by atoms with Crippen LogP contribution in [0.5, 0.6) is 0 Å². The number of carbonyl (C=O) groups excluding carboxylic acids is 1. The number of nitrogens with zero attached hydrogens (tertiary/aromatic N) is 3. The molecule has 1 atom stereocenters. The molecule has 2 aromatic rings. The minimum Gasteiger partial charge on any atom is -0.355 e. The van der Waals surface area contributed by atoms with Crippen LogP contribution in [0.2, 0.25) is 0 Å². The number of carbonyl (C=O) groups is 1. The van der Waals surface area contributed by atoms with Gasteiger partial charge in [-0.15, -0.1) is 10.2 Å². The van der Waals surface area contributed by atoms with Crippen LogP contribution in [0.25, 0.3) is 11.4 Å². The molecule has 7 heteroatoms. The van der Waals surface area contributed by atoms with E-state index in [1.54, 1.807) is 0 Å². The molecule has 1 aromatic carbocycles. The summed E-state index contributed by atoms with van der Waals surface area (Å²) < 4.78 is 1.42. The third kappa shape index (κ3) is 3.55. The van der Waals surface area contributed by atoms with E-state index in [2.05, 4.69) is 15.5 Å². The fraction of sp³-hybridized carbons (Fsp3) is 0.357. The molecule has 0 saturated carbocycles. The van der Waals surface area contributed by atoms with E-state index >= 15 is 0 Å². The highest BCUT2D eigenvalue weighted by Gasteiger charge is 2.19. The summed E-state index contributed by atoms with van der Waals surface area (Å²) in [4.78, 5) is 11.7. The first-order valence-electron chi connectivity index (χ1n) is 6.74. The van der Waals surface area contributed by atoms with Gasteiger partial charge in [-0.05, 0) is 20.8 Å². The van der Waals surface area contributed by atoms with Gasteiger partial charge in [0, 0.05) is 12.1 Å². The SMILES string of the molecule is CCNC(=O)[C@H](C)Sc1nnc(-c2ccc(C)cc2)n1N. The van der Waals surface area contributed by atoms with E-state index in [0.717, 1.165) is 5.56 Å². The molecular weight excluding hydrogens is 286 g/mol. The molecule has 1 amide bonds. The van der Waals surface area contributed by atoms with E-state index in [0.29, 0.717) is 17.5 Å². The number of nitrogen functional groups attached to an aromatic ring is 1. The first kappa shape index (κ1) is 15.4. The molecule has 0 fully saturated rings. The lowest BCUT2D eigenvalue weighted by molar-refractivity contribution is -0.120. The van der Waals surface area contributed by atoms with Crippen molar-refractivity contribution in [3.8, 4) is 11.4 Å². The molecule has 0 spiro atoms. The van der Waals surface area contributed by atoms with Gasteiger partial charge in [-0.3, -0.25) is 4.79 Å². The number of thioether (sulfide) groups is 1. The summed E-state index contributed by atoms with van der Waals surface area (Å²) in [5.74, 6) is 6.58. The van der Waals surface area contributed by atoms with Crippen LogP contribution in [0, 0.1) is 6.92 Å². The van der Waals surface area contributed by atoms with Crippen LogP contribution in [0.4, 0.5) is 0 Å². The number of rotatable bonds is 5. The van der Waals surface area contributed by atoms with Crippen LogP contribution in [-0.4, -0.2) is 32.6 Å². The second-order valence-corrected chi connectivity index (χ2v) is 6.00. The Balaban J connectivity index is 2.17. The maximum absolute atomic E-state index is 11.7. The van der Waals surface area contributed by atoms with Crippen LogP contribution in [0.3, 0.4) is 0 Å². The predicted octanol–water partition coefficient (Wildman–Crippen LogP) is 1.58. The second kappa shape index (κ2) is 6.62. The monoisotopic (exact) mass is 305 g/mol. The molecule has 0 aliphatic heterocycles. The molecule has 0 aliphatic rings. The first-order chi connectivity index (χ1) is 10.0. The lowest BCUT2D eigenvalue weighted by Gasteiger charge is -2.10. The highest BCUT2D eigenvalue weighted by molar-refractivity contribution is 8.00. The summed E-state index contributed by atoms with van der Waals surface area (Å²) in [6.07, 6.45) is 0. The van der Waals surface area contributed by atoms with Crippen LogP contribution in [0.15, 0.2) is 29.4 Å². The van der Waals surface area contributed by atoms with Crippen molar-refractivity contribution in [2.24, 2.45) is 0 Å². The number of aryl methyl sites for hydroxylation is 1. The summed E-state index contributed by atoms with van der Waals surface area (Å²) in [7, 11) is 0. The van der Waals surface area contributed by atoms with Crippen molar-refractivity contribution in [1.82, 2.24) is 20.2 Å². The minimum absolute atomic E-state index is 0.0395. The number of aromatic nitrogens is 3. The van der Waals surface area contributed by atoms with Gasteiger partial charge in [0.2, 0.25) is 11.1 Å². The number of nitrogens with one attached hydrogen (secondary N) is 1. The topological polar surface area (TPSA) is 85.8 Å². The maximum Gasteiger partial charge on any atom is 0.233 e. The molecule has 2 rings (SSSR count). The lowest BCUT2D eigenvalue weighted by Crippen LogP contribution is -2.31. The van der Waals surface area contributed by atoms with Gasteiger partial charge in [0.05, 0.1) is 5.25 Å². The fourth-order valence-electron chi connectivity index (χ4n) is 1.79. The lowest BCUT2D eigenvalue weighted by atomic mass is 10.1. The van der Waals surface area contributed by atoms with Crippen LogP contribution >= 0.6 is 11.8 Å². The zero-order valence-corrected chi connectivity index (χ0v) is 13.1. The molecule has 0 bridgehead atoms. The second-order valence-electron chi connectivity index (χ2n) is 4.70. The number of benzene rings is 1. The Morgan fingerprint density at radius 1 is 1.38 bits per heavy atom. The van der Waals surface area contributed by atoms with Gasteiger partial charge in [0.1, 0.15) is 0 Å². The van der Waals surface area contributed by atoms with Crippen molar-refractivity contribution >= 4 is 17.7 Å². The van der Waals surface area contributed by atoms with Gasteiger partial charge in [-0.1, -0.05) is 41.6 Å². The molecule has 3 N–H and O–H groups in total. The maximum atomic E-state index is 11.7. The summed E-state index contributed by atoms with van der Waals surface area (Å²) >= 11 is 1.29. The van der Waals surface area contributed by atoms with Gasteiger partial charge in [-0.25, -0.2) is 4.68 Å².